The van der Waals surface area contributed by atoms with Crippen molar-refractivity contribution in [3.63, 3.8) is 0 Å². The highest BCUT2D eigenvalue weighted by molar-refractivity contribution is 7.09. The van der Waals surface area contributed by atoms with Gasteiger partial charge in [-0.15, -0.1) is 22.9 Å². The van der Waals surface area contributed by atoms with Crippen molar-refractivity contribution < 1.29 is 0 Å². The Hall–Kier alpha value is -0.0800. The van der Waals surface area contributed by atoms with E-state index in [1.165, 1.54) is 4.88 Å². The molecule has 1 aromatic heterocycles. The number of aromatic nitrogens is 1. The highest BCUT2D eigenvalue weighted by atomic mass is 35.5. The van der Waals surface area contributed by atoms with Gasteiger partial charge in [0.15, 0.2) is 0 Å². The van der Waals surface area contributed by atoms with Crippen molar-refractivity contribution >= 4 is 22.9 Å². The van der Waals surface area contributed by atoms with Gasteiger partial charge in [0, 0.05) is 16.5 Å². The molecule has 0 fully saturated rings. The van der Waals surface area contributed by atoms with Crippen molar-refractivity contribution in [3.05, 3.63) is 16.6 Å². The van der Waals surface area contributed by atoms with Crippen LogP contribution in [0.5, 0.6) is 0 Å². The minimum atomic E-state index is 0.261. The summed E-state index contributed by atoms with van der Waals surface area (Å²) >= 11 is 7.76. The van der Waals surface area contributed by atoms with Crippen molar-refractivity contribution in [2.24, 2.45) is 5.92 Å². The van der Waals surface area contributed by atoms with Crippen LogP contribution < -0.4 is 0 Å². The standard InChI is InChI=1S/C9H14ClNS/c1-3-8(7(2)10)4-9-5-11-6-12-9/h5-8H,3-4H2,1-2H3. The summed E-state index contributed by atoms with van der Waals surface area (Å²) in [6, 6.07) is 0. The van der Waals surface area contributed by atoms with Gasteiger partial charge in [0.25, 0.3) is 0 Å². The number of nitrogens with zero attached hydrogens (tertiary/aromatic N) is 1. The maximum atomic E-state index is 6.05. The van der Waals surface area contributed by atoms with Gasteiger partial charge in [-0.05, 0) is 19.3 Å². The summed E-state index contributed by atoms with van der Waals surface area (Å²) in [5, 5.41) is 0.261. The largest absolute Gasteiger partial charge is 0.253 e. The minimum absolute atomic E-state index is 0.261. The van der Waals surface area contributed by atoms with Crippen LogP contribution in [0.15, 0.2) is 11.7 Å². The van der Waals surface area contributed by atoms with Crippen LogP contribution in [0, 0.1) is 5.92 Å². The van der Waals surface area contributed by atoms with E-state index in [1.54, 1.807) is 11.3 Å². The number of thiazole rings is 1. The maximum absolute atomic E-state index is 6.05. The van der Waals surface area contributed by atoms with Crippen LogP contribution in [0.1, 0.15) is 25.1 Å². The Bertz CT molecular complexity index is 208. The molecule has 0 aromatic carbocycles. The monoisotopic (exact) mass is 203 g/mol. The lowest BCUT2D eigenvalue weighted by molar-refractivity contribution is 0.501. The molecule has 2 atom stereocenters. The van der Waals surface area contributed by atoms with Crippen LogP contribution in [0.3, 0.4) is 0 Å². The summed E-state index contributed by atoms with van der Waals surface area (Å²) in [5.41, 5.74) is 1.88. The molecule has 0 spiro atoms. The molecule has 0 N–H and O–H groups in total. The fourth-order valence-corrected chi connectivity index (χ4v) is 2.19. The van der Waals surface area contributed by atoms with Gasteiger partial charge in [-0.2, -0.15) is 0 Å². The zero-order valence-corrected chi connectivity index (χ0v) is 9.03. The fourth-order valence-electron chi connectivity index (χ4n) is 1.23. The first kappa shape index (κ1) is 10.0. The van der Waals surface area contributed by atoms with Gasteiger partial charge < -0.3 is 0 Å². The third-order valence-corrected chi connectivity index (χ3v) is 3.28. The molecule has 0 aliphatic heterocycles. The topological polar surface area (TPSA) is 12.9 Å². The zero-order chi connectivity index (χ0) is 8.97. The van der Waals surface area contributed by atoms with Gasteiger partial charge in [0.1, 0.15) is 0 Å². The lowest BCUT2D eigenvalue weighted by Gasteiger charge is -2.15. The third-order valence-electron chi connectivity index (χ3n) is 2.12. The number of hydrogen-bond acceptors (Lipinski definition) is 2. The van der Waals surface area contributed by atoms with E-state index in [2.05, 4.69) is 18.8 Å². The van der Waals surface area contributed by atoms with E-state index in [-0.39, 0.29) is 5.38 Å². The molecule has 1 nitrogen and oxygen atoms in total. The summed E-state index contributed by atoms with van der Waals surface area (Å²) in [7, 11) is 0. The van der Waals surface area contributed by atoms with Crippen LogP contribution in [0.2, 0.25) is 0 Å². The van der Waals surface area contributed by atoms with Crippen LogP contribution in [-0.2, 0) is 6.42 Å². The summed E-state index contributed by atoms with van der Waals surface area (Å²) in [6.45, 7) is 4.25. The molecule has 2 unspecified atom stereocenters. The summed E-state index contributed by atoms with van der Waals surface area (Å²) in [4.78, 5) is 5.39. The Morgan fingerprint density at radius 2 is 2.42 bits per heavy atom. The van der Waals surface area contributed by atoms with Crippen LogP contribution >= 0.6 is 22.9 Å². The van der Waals surface area contributed by atoms with Gasteiger partial charge in [-0.25, -0.2) is 0 Å². The molecule has 0 radical (unpaired) electrons. The predicted octanol–water partition coefficient (Wildman–Crippen LogP) is 3.34. The van der Waals surface area contributed by atoms with Crippen molar-refractivity contribution in [2.45, 2.75) is 32.1 Å². The quantitative estimate of drug-likeness (QED) is 0.685. The van der Waals surface area contributed by atoms with Gasteiger partial charge >= 0.3 is 0 Å². The van der Waals surface area contributed by atoms with Crippen molar-refractivity contribution in [1.29, 1.82) is 0 Å². The molecular formula is C9H14ClNS. The third kappa shape index (κ3) is 2.76. The molecule has 0 aliphatic carbocycles. The van der Waals surface area contributed by atoms with Gasteiger partial charge in [0.05, 0.1) is 5.51 Å². The number of alkyl halides is 1. The number of halogens is 1. The van der Waals surface area contributed by atoms with Gasteiger partial charge in [-0.1, -0.05) is 13.3 Å². The molecule has 1 rings (SSSR count). The molecule has 0 amide bonds. The van der Waals surface area contributed by atoms with Gasteiger partial charge in [0.2, 0.25) is 0 Å². The molecule has 1 aromatic rings. The molecule has 0 aliphatic rings. The van der Waals surface area contributed by atoms with Crippen molar-refractivity contribution in [3.8, 4) is 0 Å². The lowest BCUT2D eigenvalue weighted by atomic mass is 9.98. The summed E-state index contributed by atoms with van der Waals surface area (Å²) in [5.74, 6) is 0.590. The van der Waals surface area contributed by atoms with Crippen molar-refractivity contribution in [1.82, 2.24) is 4.98 Å². The van der Waals surface area contributed by atoms with Gasteiger partial charge in [-0.3, -0.25) is 4.98 Å². The van der Waals surface area contributed by atoms with E-state index in [1.807, 2.05) is 11.7 Å². The second kappa shape index (κ2) is 4.83. The van der Waals surface area contributed by atoms with E-state index >= 15 is 0 Å². The highest BCUT2D eigenvalue weighted by Crippen LogP contribution is 2.21. The molecular weight excluding hydrogens is 190 g/mol. The Balaban J connectivity index is 2.48. The van der Waals surface area contributed by atoms with E-state index in [9.17, 15) is 0 Å². The SMILES string of the molecule is CCC(Cc1cncs1)C(C)Cl. The fraction of sp³-hybridized carbons (Fsp3) is 0.667. The smallest absolute Gasteiger partial charge is 0.0794 e. The Labute approximate surface area is 82.8 Å². The summed E-state index contributed by atoms with van der Waals surface area (Å²) in [6.07, 6.45) is 4.15. The number of rotatable bonds is 4. The second-order valence-electron chi connectivity index (χ2n) is 3.02. The molecule has 0 bridgehead atoms. The Kier molecular flexibility index (Phi) is 4.02. The van der Waals surface area contributed by atoms with E-state index in [0.29, 0.717) is 5.92 Å². The normalized spacial score (nSPS) is 15.9. The highest BCUT2D eigenvalue weighted by Gasteiger charge is 2.13. The number of hydrogen-bond donors (Lipinski definition) is 0. The molecule has 1 heterocycles. The van der Waals surface area contributed by atoms with Crippen LogP contribution in [0.25, 0.3) is 0 Å². The first-order valence-electron chi connectivity index (χ1n) is 4.25. The first-order valence-corrected chi connectivity index (χ1v) is 5.57. The molecule has 68 valence electrons. The minimum Gasteiger partial charge on any atom is -0.253 e. The van der Waals surface area contributed by atoms with E-state index in [4.69, 9.17) is 11.6 Å². The van der Waals surface area contributed by atoms with Crippen molar-refractivity contribution in [2.75, 3.05) is 0 Å². The Morgan fingerprint density at radius 3 is 2.83 bits per heavy atom. The van der Waals surface area contributed by atoms with E-state index < -0.39 is 0 Å². The molecule has 3 heteroatoms. The average Bonchev–Trinajstić information content (AvgIpc) is 2.51. The second-order valence-corrected chi connectivity index (χ2v) is 4.68. The first-order chi connectivity index (χ1) is 5.74. The Morgan fingerprint density at radius 1 is 1.67 bits per heavy atom. The summed E-state index contributed by atoms with van der Waals surface area (Å²) < 4.78 is 0. The van der Waals surface area contributed by atoms with Crippen LogP contribution in [-0.4, -0.2) is 10.4 Å². The lowest BCUT2D eigenvalue weighted by Crippen LogP contribution is -2.12. The maximum Gasteiger partial charge on any atom is 0.0794 e. The molecule has 12 heavy (non-hydrogen) atoms. The van der Waals surface area contributed by atoms with E-state index in [0.717, 1.165) is 12.8 Å². The van der Waals surface area contributed by atoms with Crippen LogP contribution in [0.4, 0.5) is 0 Å². The molecule has 0 saturated heterocycles. The predicted molar refractivity (Wildman–Crippen MR) is 54.9 cm³/mol. The average molecular weight is 204 g/mol. The zero-order valence-electron chi connectivity index (χ0n) is 7.46. The molecule has 0 saturated carbocycles.